The molecule has 21 heavy (non-hydrogen) atoms. The number of amides is 1. The number of rotatable bonds is 6. The van der Waals surface area contributed by atoms with Crippen molar-refractivity contribution in [3.8, 4) is 0 Å². The molecule has 5 nitrogen and oxygen atoms in total. The predicted molar refractivity (Wildman–Crippen MR) is 82.1 cm³/mol. The molecule has 2 rings (SSSR count). The first kappa shape index (κ1) is 15.1. The average molecular weight is 302 g/mol. The highest BCUT2D eigenvalue weighted by atomic mass is 32.2. The third kappa shape index (κ3) is 4.92. The van der Waals surface area contributed by atoms with Crippen LogP contribution >= 0.6 is 11.8 Å². The molecule has 0 spiro atoms. The van der Waals surface area contributed by atoms with Gasteiger partial charge in [0.2, 0.25) is 5.91 Å². The van der Waals surface area contributed by atoms with Gasteiger partial charge in [0.1, 0.15) is 0 Å². The lowest BCUT2D eigenvalue weighted by molar-refractivity contribution is -0.384. The summed E-state index contributed by atoms with van der Waals surface area (Å²) in [6, 6.07) is 15.8. The van der Waals surface area contributed by atoms with E-state index in [0.717, 1.165) is 10.5 Å². The van der Waals surface area contributed by atoms with Crippen LogP contribution in [0, 0.1) is 10.1 Å². The van der Waals surface area contributed by atoms with Crippen molar-refractivity contribution < 1.29 is 9.72 Å². The summed E-state index contributed by atoms with van der Waals surface area (Å²) in [6.07, 6.45) is 0. The third-order valence-electron chi connectivity index (χ3n) is 2.75. The second kappa shape index (κ2) is 7.44. The molecule has 1 N–H and O–H groups in total. The summed E-state index contributed by atoms with van der Waals surface area (Å²) in [5.41, 5.74) is 1.10. The molecule has 0 saturated carbocycles. The summed E-state index contributed by atoms with van der Waals surface area (Å²) in [5.74, 6) is 0.215. The number of nitro benzene ring substituents is 1. The van der Waals surface area contributed by atoms with E-state index in [1.165, 1.54) is 23.9 Å². The van der Waals surface area contributed by atoms with Gasteiger partial charge in [0, 0.05) is 23.6 Å². The summed E-state index contributed by atoms with van der Waals surface area (Å²) >= 11 is 1.35. The van der Waals surface area contributed by atoms with Crippen molar-refractivity contribution in [3.05, 3.63) is 70.3 Å². The van der Waals surface area contributed by atoms with Crippen LogP contribution in [0.2, 0.25) is 0 Å². The Labute approximate surface area is 126 Å². The summed E-state index contributed by atoms with van der Waals surface area (Å²) in [5, 5.41) is 13.4. The van der Waals surface area contributed by atoms with E-state index >= 15 is 0 Å². The number of nitrogens with one attached hydrogen (secondary N) is 1. The van der Waals surface area contributed by atoms with Crippen LogP contribution in [0.1, 0.15) is 5.56 Å². The lowest BCUT2D eigenvalue weighted by Crippen LogP contribution is -2.24. The Kier molecular flexibility index (Phi) is 5.34. The van der Waals surface area contributed by atoms with Gasteiger partial charge in [0.25, 0.3) is 5.69 Å². The second-order valence-electron chi connectivity index (χ2n) is 4.30. The number of benzene rings is 2. The molecular formula is C15H14N2O3S. The van der Waals surface area contributed by atoms with Gasteiger partial charge in [-0.25, -0.2) is 0 Å². The maximum absolute atomic E-state index is 11.7. The fourth-order valence-corrected chi connectivity index (χ4v) is 2.39. The van der Waals surface area contributed by atoms with Crippen LogP contribution < -0.4 is 5.32 Å². The maximum Gasteiger partial charge on any atom is 0.269 e. The van der Waals surface area contributed by atoms with Gasteiger partial charge in [-0.1, -0.05) is 30.3 Å². The fraction of sp³-hybridized carbons (Fsp3) is 0.133. The van der Waals surface area contributed by atoms with E-state index in [1.807, 2.05) is 30.3 Å². The molecule has 0 fully saturated rings. The van der Waals surface area contributed by atoms with Gasteiger partial charge in [0.15, 0.2) is 0 Å². The van der Waals surface area contributed by atoms with Crippen molar-refractivity contribution in [3.63, 3.8) is 0 Å². The topological polar surface area (TPSA) is 72.2 Å². The molecule has 0 heterocycles. The Bertz CT molecular complexity index is 615. The first-order valence-electron chi connectivity index (χ1n) is 6.33. The quantitative estimate of drug-likeness (QED) is 0.506. The number of hydrogen-bond acceptors (Lipinski definition) is 4. The van der Waals surface area contributed by atoms with Crippen molar-refractivity contribution in [1.29, 1.82) is 0 Å². The standard InChI is InChI=1S/C15H14N2O3S/c18-15(16-10-12-4-2-1-3-5-12)11-21-14-8-6-13(7-9-14)17(19)20/h1-9H,10-11H2,(H,16,18). The number of nitrogens with zero attached hydrogens (tertiary/aromatic N) is 1. The fourth-order valence-electron chi connectivity index (χ4n) is 1.66. The zero-order valence-corrected chi connectivity index (χ0v) is 12.0. The molecule has 2 aromatic rings. The Balaban J connectivity index is 1.77. The van der Waals surface area contributed by atoms with E-state index in [-0.39, 0.29) is 17.3 Å². The normalized spacial score (nSPS) is 10.1. The number of nitro groups is 1. The lowest BCUT2D eigenvalue weighted by Gasteiger charge is -2.05. The van der Waals surface area contributed by atoms with E-state index in [9.17, 15) is 14.9 Å². The van der Waals surface area contributed by atoms with E-state index in [2.05, 4.69) is 5.32 Å². The first-order chi connectivity index (χ1) is 10.1. The highest BCUT2D eigenvalue weighted by Crippen LogP contribution is 2.21. The maximum atomic E-state index is 11.7. The van der Waals surface area contributed by atoms with Crippen LogP contribution in [0.15, 0.2) is 59.5 Å². The van der Waals surface area contributed by atoms with Crippen molar-refractivity contribution in [1.82, 2.24) is 5.32 Å². The Morgan fingerprint density at radius 2 is 1.76 bits per heavy atom. The minimum Gasteiger partial charge on any atom is -0.351 e. The van der Waals surface area contributed by atoms with Crippen LogP contribution in [-0.2, 0) is 11.3 Å². The molecule has 0 atom stereocenters. The third-order valence-corrected chi connectivity index (χ3v) is 3.76. The molecule has 108 valence electrons. The van der Waals surface area contributed by atoms with Gasteiger partial charge >= 0.3 is 0 Å². The number of carbonyl (C=O) groups excluding carboxylic acids is 1. The molecule has 0 radical (unpaired) electrons. The van der Waals surface area contributed by atoms with Crippen LogP contribution in [0.4, 0.5) is 5.69 Å². The van der Waals surface area contributed by atoms with E-state index in [1.54, 1.807) is 12.1 Å². The minimum atomic E-state index is -0.443. The van der Waals surface area contributed by atoms with Gasteiger partial charge in [-0.15, -0.1) is 11.8 Å². The van der Waals surface area contributed by atoms with Crippen LogP contribution in [0.25, 0.3) is 0 Å². The molecule has 0 unspecified atom stereocenters. The summed E-state index contributed by atoms with van der Waals surface area (Å²) < 4.78 is 0. The van der Waals surface area contributed by atoms with E-state index in [4.69, 9.17) is 0 Å². The highest BCUT2D eigenvalue weighted by Gasteiger charge is 2.06. The van der Waals surface area contributed by atoms with E-state index < -0.39 is 4.92 Å². The summed E-state index contributed by atoms with van der Waals surface area (Å²) in [7, 11) is 0. The molecule has 0 saturated heterocycles. The predicted octanol–water partition coefficient (Wildman–Crippen LogP) is 3.00. The van der Waals surface area contributed by atoms with Crippen LogP contribution in [0.3, 0.4) is 0 Å². The molecule has 2 aromatic carbocycles. The number of carbonyl (C=O) groups is 1. The summed E-state index contributed by atoms with van der Waals surface area (Å²) in [4.78, 5) is 22.6. The van der Waals surface area contributed by atoms with Crippen molar-refractivity contribution in [2.45, 2.75) is 11.4 Å². The van der Waals surface area contributed by atoms with Gasteiger partial charge in [-0.3, -0.25) is 14.9 Å². The molecule has 1 amide bonds. The first-order valence-corrected chi connectivity index (χ1v) is 7.31. The number of non-ortho nitro benzene ring substituents is 1. The van der Waals surface area contributed by atoms with Crippen molar-refractivity contribution >= 4 is 23.4 Å². The molecule has 0 aliphatic carbocycles. The van der Waals surface area contributed by atoms with Gasteiger partial charge in [-0.2, -0.15) is 0 Å². The Morgan fingerprint density at radius 3 is 2.38 bits per heavy atom. The minimum absolute atomic E-state index is 0.0490. The van der Waals surface area contributed by atoms with E-state index in [0.29, 0.717) is 6.54 Å². The average Bonchev–Trinajstić information content (AvgIpc) is 2.52. The monoisotopic (exact) mass is 302 g/mol. The molecule has 0 aliphatic rings. The molecule has 6 heteroatoms. The van der Waals surface area contributed by atoms with Crippen LogP contribution in [-0.4, -0.2) is 16.6 Å². The molecule has 0 aromatic heterocycles. The smallest absolute Gasteiger partial charge is 0.269 e. The number of hydrogen-bond donors (Lipinski definition) is 1. The largest absolute Gasteiger partial charge is 0.351 e. The highest BCUT2D eigenvalue weighted by molar-refractivity contribution is 8.00. The van der Waals surface area contributed by atoms with Crippen LogP contribution in [0.5, 0.6) is 0 Å². The van der Waals surface area contributed by atoms with Gasteiger partial charge in [0.05, 0.1) is 10.7 Å². The van der Waals surface area contributed by atoms with Gasteiger partial charge < -0.3 is 5.32 Å². The number of thioether (sulfide) groups is 1. The zero-order chi connectivity index (χ0) is 15.1. The second-order valence-corrected chi connectivity index (χ2v) is 5.35. The summed E-state index contributed by atoms with van der Waals surface area (Å²) in [6.45, 7) is 0.500. The Hall–Kier alpha value is -2.34. The molecular weight excluding hydrogens is 288 g/mol. The van der Waals surface area contributed by atoms with Crippen molar-refractivity contribution in [2.24, 2.45) is 0 Å². The Morgan fingerprint density at radius 1 is 1.10 bits per heavy atom. The lowest BCUT2D eigenvalue weighted by atomic mass is 10.2. The van der Waals surface area contributed by atoms with Gasteiger partial charge in [-0.05, 0) is 17.7 Å². The SMILES string of the molecule is O=C(CSc1ccc([N+](=O)[O-])cc1)NCc1ccccc1. The van der Waals surface area contributed by atoms with Crippen molar-refractivity contribution in [2.75, 3.05) is 5.75 Å². The molecule has 0 aliphatic heterocycles. The zero-order valence-electron chi connectivity index (χ0n) is 11.2. The molecule has 0 bridgehead atoms.